The molecule has 0 radical (unpaired) electrons. The largest absolute Gasteiger partial charge is 0.326 e. The van der Waals surface area contributed by atoms with E-state index in [0.29, 0.717) is 12.2 Å². The number of fused-ring (bicyclic) bond motifs is 1. The van der Waals surface area contributed by atoms with Crippen molar-refractivity contribution in [2.75, 3.05) is 22.2 Å². The zero-order valence-electron chi connectivity index (χ0n) is 11.9. The maximum Gasteiger partial charge on any atom is 0.326 e. The maximum atomic E-state index is 12.9. The van der Waals surface area contributed by atoms with E-state index < -0.39 is 10.2 Å². The standard InChI is InChI=1S/C16H18N2O2S/c1-17(15-10-3-2-4-11-15)21(19,20)18-13-7-9-14-8-5-6-12-16(14)18/h2-6,8,10-12H,7,9,13H2,1H3. The van der Waals surface area contributed by atoms with Gasteiger partial charge < -0.3 is 0 Å². The molecule has 0 saturated carbocycles. The number of anilines is 2. The molecule has 0 spiro atoms. The minimum Gasteiger partial charge on any atom is -0.256 e. The fraction of sp³-hybridized carbons (Fsp3) is 0.250. The van der Waals surface area contributed by atoms with Crippen LogP contribution in [-0.4, -0.2) is 22.0 Å². The Morgan fingerprint density at radius 3 is 2.43 bits per heavy atom. The topological polar surface area (TPSA) is 40.6 Å². The lowest BCUT2D eigenvalue weighted by atomic mass is 10.0. The van der Waals surface area contributed by atoms with Crippen molar-refractivity contribution in [3.8, 4) is 0 Å². The summed E-state index contributed by atoms with van der Waals surface area (Å²) in [6.07, 6.45) is 1.77. The average molecular weight is 302 g/mol. The fourth-order valence-corrected chi connectivity index (χ4v) is 4.13. The van der Waals surface area contributed by atoms with Crippen molar-refractivity contribution in [2.24, 2.45) is 0 Å². The van der Waals surface area contributed by atoms with E-state index >= 15 is 0 Å². The molecule has 0 amide bonds. The number of hydrogen-bond acceptors (Lipinski definition) is 2. The van der Waals surface area contributed by atoms with Gasteiger partial charge in [-0.05, 0) is 36.6 Å². The molecule has 110 valence electrons. The lowest BCUT2D eigenvalue weighted by Crippen LogP contribution is -2.44. The first-order valence-electron chi connectivity index (χ1n) is 7.00. The second-order valence-electron chi connectivity index (χ2n) is 5.12. The van der Waals surface area contributed by atoms with E-state index in [2.05, 4.69) is 0 Å². The highest BCUT2D eigenvalue weighted by Crippen LogP contribution is 2.31. The third-order valence-electron chi connectivity index (χ3n) is 3.81. The zero-order valence-corrected chi connectivity index (χ0v) is 12.8. The molecule has 1 aliphatic heterocycles. The summed E-state index contributed by atoms with van der Waals surface area (Å²) in [4.78, 5) is 0. The van der Waals surface area contributed by atoms with E-state index in [1.807, 2.05) is 42.5 Å². The maximum absolute atomic E-state index is 12.9. The molecule has 3 rings (SSSR count). The molecular weight excluding hydrogens is 284 g/mol. The number of benzene rings is 2. The quantitative estimate of drug-likeness (QED) is 0.875. The lowest BCUT2D eigenvalue weighted by Gasteiger charge is -2.34. The number of para-hydroxylation sites is 2. The first kappa shape index (κ1) is 13.9. The van der Waals surface area contributed by atoms with Gasteiger partial charge in [0.15, 0.2) is 0 Å². The van der Waals surface area contributed by atoms with E-state index in [1.54, 1.807) is 19.2 Å². The smallest absolute Gasteiger partial charge is 0.256 e. The minimum absolute atomic E-state index is 0.524. The van der Waals surface area contributed by atoms with E-state index in [-0.39, 0.29) is 0 Å². The molecule has 5 heteroatoms. The van der Waals surface area contributed by atoms with Crippen LogP contribution in [0.25, 0.3) is 0 Å². The molecule has 0 fully saturated rings. The van der Waals surface area contributed by atoms with Crippen LogP contribution in [0.5, 0.6) is 0 Å². The molecule has 1 aliphatic rings. The van der Waals surface area contributed by atoms with Crippen molar-refractivity contribution in [1.29, 1.82) is 0 Å². The summed E-state index contributed by atoms with van der Waals surface area (Å²) < 4.78 is 28.7. The highest BCUT2D eigenvalue weighted by atomic mass is 32.2. The van der Waals surface area contributed by atoms with Gasteiger partial charge in [-0.1, -0.05) is 36.4 Å². The van der Waals surface area contributed by atoms with Gasteiger partial charge in [0.2, 0.25) is 0 Å². The second-order valence-corrected chi connectivity index (χ2v) is 7.00. The molecule has 0 bridgehead atoms. The highest BCUT2D eigenvalue weighted by Gasteiger charge is 2.30. The molecule has 21 heavy (non-hydrogen) atoms. The Kier molecular flexibility index (Phi) is 3.59. The molecule has 0 aliphatic carbocycles. The van der Waals surface area contributed by atoms with E-state index in [1.165, 1.54) is 8.61 Å². The second kappa shape index (κ2) is 5.41. The third kappa shape index (κ3) is 2.49. The highest BCUT2D eigenvalue weighted by molar-refractivity contribution is 7.94. The zero-order chi connectivity index (χ0) is 14.9. The van der Waals surface area contributed by atoms with Gasteiger partial charge in [-0.15, -0.1) is 0 Å². The number of nitrogens with zero attached hydrogens (tertiary/aromatic N) is 2. The van der Waals surface area contributed by atoms with Gasteiger partial charge in [-0.25, -0.2) is 0 Å². The van der Waals surface area contributed by atoms with Crippen LogP contribution in [0.3, 0.4) is 0 Å². The Morgan fingerprint density at radius 1 is 1.00 bits per heavy atom. The third-order valence-corrected chi connectivity index (χ3v) is 5.65. The molecule has 2 aromatic rings. The summed E-state index contributed by atoms with van der Waals surface area (Å²) in [5.41, 5.74) is 2.56. The van der Waals surface area contributed by atoms with Gasteiger partial charge in [0.25, 0.3) is 0 Å². The predicted octanol–water partition coefficient (Wildman–Crippen LogP) is 2.82. The van der Waals surface area contributed by atoms with Crippen LogP contribution < -0.4 is 8.61 Å². The van der Waals surface area contributed by atoms with E-state index in [4.69, 9.17) is 0 Å². The fourth-order valence-electron chi connectivity index (χ4n) is 2.66. The van der Waals surface area contributed by atoms with Crippen LogP contribution in [0.15, 0.2) is 54.6 Å². The number of hydrogen-bond donors (Lipinski definition) is 0. The van der Waals surface area contributed by atoms with Crippen LogP contribution in [0.4, 0.5) is 11.4 Å². The van der Waals surface area contributed by atoms with E-state index in [9.17, 15) is 8.42 Å². The Morgan fingerprint density at radius 2 is 1.67 bits per heavy atom. The van der Waals surface area contributed by atoms with Gasteiger partial charge >= 0.3 is 10.2 Å². The number of aryl methyl sites for hydroxylation is 1. The van der Waals surface area contributed by atoms with Crippen LogP contribution in [-0.2, 0) is 16.6 Å². The first-order chi connectivity index (χ1) is 10.1. The number of rotatable bonds is 3. The summed E-state index contributed by atoms with van der Waals surface area (Å²) in [7, 11) is -1.96. The molecule has 0 N–H and O–H groups in total. The summed E-state index contributed by atoms with van der Waals surface area (Å²) in [6.45, 7) is 0.524. The van der Waals surface area contributed by atoms with Crippen LogP contribution in [0.1, 0.15) is 12.0 Å². The van der Waals surface area contributed by atoms with Crippen molar-refractivity contribution >= 4 is 21.6 Å². The first-order valence-corrected chi connectivity index (χ1v) is 8.40. The molecule has 0 saturated heterocycles. The van der Waals surface area contributed by atoms with Crippen molar-refractivity contribution in [3.63, 3.8) is 0 Å². The molecule has 0 atom stereocenters. The molecule has 0 aromatic heterocycles. The summed E-state index contributed by atoms with van der Waals surface area (Å²) in [6, 6.07) is 16.9. The van der Waals surface area contributed by atoms with Gasteiger partial charge in [0, 0.05) is 13.6 Å². The Labute approximate surface area is 125 Å². The molecule has 2 aromatic carbocycles. The Balaban J connectivity index is 2.00. The van der Waals surface area contributed by atoms with Crippen LogP contribution in [0, 0.1) is 0 Å². The van der Waals surface area contributed by atoms with Crippen molar-refractivity contribution < 1.29 is 8.42 Å². The van der Waals surface area contributed by atoms with Crippen LogP contribution in [0.2, 0.25) is 0 Å². The molecular formula is C16H18N2O2S. The molecule has 4 nitrogen and oxygen atoms in total. The monoisotopic (exact) mass is 302 g/mol. The Bertz CT molecular complexity index is 729. The molecule has 1 heterocycles. The normalized spacial score (nSPS) is 14.6. The average Bonchev–Trinajstić information content (AvgIpc) is 2.54. The Hall–Kier alpha value is -2.01. The van der Waals surface area contributed by atoms with Crippen molar-refractivity contribution in [3.05, 3.63) is 60.2 Å². The van der Waals surface area contributed by atoms with Crippen molar-refractivity contribution in [2.45, 2.75) is 12.8 Å². The summed E-state index contributed by atoms with van der Waals surface area (Å²) >= 11 is 0. The van der Waals surface area contributed by atoms with Crippen LogP contribution >= 0.6 is 0 Å². The lowest BCUT2D eigenvalue weighted by molar-refractivity contribution is 0.585. The van der Waals surface area contributed by atoms with Gasteiger partial charge in [-0.2, -0.15) is 8.42 Å². The summed E-state index contributed by atoms with van der Waals surface area (Å²) in [5.74, 6) is 0. The summed E-state index contributed by atoms with van der Waals surface area (Å²) in [5, 5.41) is 0. The SMILES string of the molecule is CN(c1ccccc1)S(=O)(=O)N1CCCc2ccccc21. The van der Waals surface area contributed by atoms with E-state index in [0.717, 1.165) is 24.1 Å². The van der Waals surface area contributed by atoms with Gasteiger partial charge in [0.1, 0.15) is 0 Å². The van der Waals surface area contributed by atoms with Gasteiger partial charge in [0.05, 0.1) is 11.4 Å². The minimum atomic E-state index is -3.56. The van der Waals surface area contributed by atoms with Gasteiger partial charge in [-0.3, -0.25) is 8.61 Å². The van der Waals surface area contributed by atoms with Crippen molar-refractivity contribution in [1.82, 2.24) is 0 Å². The predicted molar refractivity (Wildman–Crippen MR) is 85.9 cm³/mol. The molecule has 0 unspecified atom stereocenters.